The molecule has 3 nitrogen and oxygen atoms in total. The molecular weight excluding hydrogens is 154 g/mol. The molecule has 3 heteroatoms. The number of ether oxygens (including phenoxy) is 1. The largest absolute Gasteiger partial charge is 0.345 e. The summed E-state index contributed by atoms with van der Waals surface area (Å²) in [6, 6.07) is 0.494. The molecule has 1 aliphatic carbocycles. The van der Waals surface area contributed by atoms with Crippen molar-refractivity contribution in [3.8, 4) is 0 Å². The molecule has 0 amide bonds. The van der Waals surface area contributed by atoms with Crippen molar-refractivity contribution >= 4 is 0 Å². The molecule has 4 atom stereocenters. The average molecular weight is 170 g/mol. The van der Waals surface area contributed by atoms with E-state index in [2.05, 4.69) is 5.32 Å². The summed E-state index contributed by atoms with van der Waals surface area (Å²) in [6.07, 6.45) is 2.34. The van der Waals surface area contributed by atoms with E-state index in [1.165, 1.54) is 6.42 Å². The third-order valence-electron chi connectivity index (χ3n) is 3.00. The van der Waals surface area contributed by atoms with E-state index in [-0.39, 0.29) is 6.10 Å². The summed E-state index contributed by atoms with van der Waals surface area (Å²) < 4.78 is 5.33. The van der Waals surface area contributed by atoms with E-state index in [0.717, 1.165) is 18.9 Å². The summed E-state index contributed by atoms with van der Waals surface area (Å²) in [4.78, 5) is 0. The van der Waals surface area contributed by atoms with Crippen LogP contribution in [-0.4, -0.2) is 25.0 Å². The van der Waals surface area contributed by atoms with Gasteiger partial charge in [-0.2, -0.15) is 0 Å². The number of hydrogen-bond acceptors (Lipinski definition) is 2. The van der Waals surface area contributed by atoms with Crippen molar-refractivity contribution in [2.24, 2.45) is 5.92 Å². The van der Waals surface area contributed by atoms with Crippen molar-refractivity contribution in [1.82, 2.24) is 5.32 Å². The standard InChI is InChI=1S/C9H16NO2/c1-2-8(11)12-7-5-6-3-4-10-9(6)7/h6-10H,2-5H2,1H3. The minimum Gasteiger partial charge on any atom is -0.345 e. The Morgan fingerprint density at radius 1 is 1.67 bits per heavy atom. The van der Waals surface area contributed by atoms with Gasteiger partial charge in [-0.1, -0.05) is 6.92 Å². The van der Waals surface area contributed by atoms with Gasteiger partial charge in [-0.3, -0.25) is 0 Å². The normalized spacial score (nSPS) is 42.0. The van der Waals surface area contributed by atoms with E-state index >= 15 is 0 Å². The van der Waals surface area contributed by atoms with Crippen LogP contribution in [0.5, 0.6) is 0 Å². The maximum absolute atomic E-state index is 11.0. The Morgan fingerprint density at radius 2 is 2.50 bits per heavy atom. The van der Waals surface area contributed by atoms with E-state index in [1.54, 1.807) is 0 Å². The Hall–Kier alpha value is -0.120. The SMILES string of the molecule is CCC([O])OC1CC2CCNC21. The van der Waals surface area contributed by atoms with Crippen molar-refractivity contribution in [3.63, 3.8) is 0 Å². The fourth-order valence-corrected chi connectivity index (χ4v) is 2.16. The maximum Gasteiger partial charge on any atom is 0.191 e. The Bertz CT molecular complexity index is 163. The first kappa shape index (κ1) is 8.48. The minimum atomic E-state index is -0.807. The zero-order valence-corrected chi connectivity index (χ0v) is 7.45. The molecule has 0 aromatic rings. The van der Waals surface area contributed by atoms with Gasteiger partial charge >= 0.3 is 0 Å². The lowest BCUT2D eigenvalue weighted by molar-refractivity contribution is -0.202. The molecule has 2 rings (SSSR count). The van der Waals surface area contributed by atoms with Crippen LogP contribution in [0.15, 0.2) is 0 Å². The van der Waals surface area contributed by atoms with Crippen LogP contribution in [0.3, 0.4) is 0 Å². The van der Waals surface area contributed by atoms with Gasteiger partial charge in [-0.25, -0.2) is 5.11 Å². The smallest absolute Gasteiger partial charge is 0.191 e. The van der Waals surface area contributed by atoms with E-state index in [4.69, 9.17) is 4.74 Å². The van der Waals surface area contributed by atoms with Gasteiger partial charge in [0.1, 0.15) is 0 Å². The zero-order chi connectivity index (χ0) is 8.55. The Balaban J connectivity index is 1.77. The number of hydrogen-bond donors (Lipinski definition) is 1. The lowest BCUT2D eigenvalue weighted by Crippen LogP contribution is -2.52. The Morgan fingerprint density at radius 3 is 3.17 bits per heavy atom. The zero-order valence-electron chi connectivity index (χ0n) is 7.45. The van der Waals surface area contributed by atoms with Crippen molar-refractivity contribution < 1.29 is 9.84 Å². The van der Waals surface area contributed by atoms with Crippen LogP contribution < -0.4 is 5.32 Å². The van der Waals surface area contributed by atoms with E-state index < -0.39 is 6.29 Å². The average Bonchev–Trinajstić information content (AvgIpc) is 2.42. The van der Waals surface area contributed by atoms with Gasteiger partial charge in [0.2, 0.25) is 0 Å². The van der Waals surface area contributed by atoms with Gasteiger partial charge in [0.15, 0.2) is 6.29 Å². The maximum atomic E-state index is 11.0. The highest BCUT2D eigenvalue weighted by molar-refractivity contribution is 5.00. The number of fused-ring (bicyclic) bond motifs is 1. The van der Waals surface area contributed by atoms with Crippen molar-refractivity contribution in [3.05, 3.63) is 0 Å². The van der Waals surface area contributed by atoms with E-state index in [1.807, 2.05) is 6.92 Å². The molecule has 1 saturated carbocycles. The molecule has 4 unspecified atom stereocenters. The first-order valence-corrected chi connectivity index (χ1v) is 4.86. The van der Waals surface area contributed by atoms with Gasteiger partial charge < -0.3 is 10.1 Å². The van der Waals surface area contributed by atoms with Gasteiger partial charge in [0.25, 0.3) is 0 Å². The van der Waals surface area contributed by atoms with Crippen LogP contribution in [-0.2, 0) is 9.84 Å². The summed E-state index contributed by atoms with van der Waals surface area (Å²) in [6.45, 7) is 2.97. The lowest BCUT2D eigenvalue weighted by atomic mass is 9.78. The van der Waals surface area contributed by atoms with Crippen molar-refractivity contribution in [2.75, 3.05) is 6.54 Å². The second-order valence-electron chi connectivity index (χ2n) is 3.78. The molecule has 12 heavy (non-hydrogen) atoms. The molecule has 2 aliphatic rings. The van der Waals surface area contributed by atoms with Crippen molar-refractivity contribution in [2.45, 2.75) is 44.6 Å². The third-order valence-corrected chi connectivity index (χ3v) is 3.00. The van der Waals surface area contributed by atoms with Crippen LogP contribution >= 0.6 is 0 Å². The molecule has 1 heterocycles. The predicted molar refractivity (Wildman–Crippen MR) is 44.2 cm³/mol. The van der Waals surface area contributed by atoms with Crippen molar-refractivity contribution in [1.29, 1.82) is 0 Å². The quantitative estimate of drug-likeness (QED) is 0.640. The van der Waals surface area contributed by atoms with Gasteiger partial charge in [-0.05, 0) is 31.7 Å². The molecule has 0 aromatic heterocycles. The predicted octanol–water partition coefficient (Wildman–Crippen LogP) is 0.920. The third kappa shape index (κ3) is 1.37. The molecule has 1 radical (unpaired) electrons. The first-order valence-electron chi connectivity index (χ1n) is 4.86. The summed E-state index contributed by atoms with van der Waals surface area (Å²) in [5.74, 6) is 0.791. The van der Waals surface area contributed by atoms with E-state index in [0.29, 0.717) is 12.5 Å². The molecule has 2 fully saturated rings. The Kier molecular flexibility index (Phi) is 2.35. The molecule has 1 aliphatic heterocycles. The van der Waals surface area contributed by atoms with Crippen LogP contribution in [0.4, 0.5) is 0 Å². The summed E-state index contributed by atoms with van der Waals surface area (Å²) in [7, 11) is 0. The lowest BCUT2D eigenvalue weighted by Gasteiger charge is -2.40. The summed E-state index contributed by atoms with van der Waals surface area (Å²) in [5, 5.41) is 14.4. The molecule has 1 N–H and O–H groups in total. The Labute approximate surface area is 73.1 Å². The molecule has 0 bridgehead atoms. The minimum absolute atomic E-state index is 0.208. The monoisotopic (exact) mass is 170 g/mol. The van der Waals surface area contributed by atoms with Crippen LogP contribution in [0.1, 0.15) is 26.2 Å². The fraction of sp³-hybridized carbons (Fsp3) is 1.00. The first-order chi connectivity index (χ1) is 5.81. The summed E-state index contributed by atoms with van der Waals surface area (Å²) in [5.41, 5.74) is 0. The topological polar surface area (TPSA) is 41.2 Å². The van der Waals surface area contributed by atoms with Crippen LogP contribution in [0, 0.1) is 5.92 Å². The van der Waals surface area contributed by atoms with Crippen LogP contribution in [0.2, 0.25) is 0 Å². The summed E-state index contributed by atoms with van der Waals surface area (Å²) >= 11 is 0. The number of nitrogens with one attached hydrogen (secondary N) is 1. The van der Waals surface area contributed by atoms with E-state index in [9.17, 15) is 5.11 Å². The highest BCUT2D eigenvalue weighted by Gasteiger charge is 2.45. The second kappa shape index (κ2) is 3.32. The molecule has 0 spiro atoms. The van der Waals surface area contributed by atoms with Gasteiger partial charge in [-0.15, -0.1) is 0 Å². The van der Waals surface area contributed by atoms with Crippen LogP contribution in [0.25, 0.3) is 0 Å². The second-order valence-corrected chi connectivity index (χ2v) is 3.78. The highest BCUT2D eigenvalue weighted by Crippen LogP contribution is 2.37. The highest BCUT2D eigenvalue weighted by atomic mass is 16.6. The van der Waals surface area contributed by atoms with Gasteiger partial charge in [0.05, 0.1) is 6.10 Å². The molecule has 0 aromatic carbocycles. The molecular formula is C9H16NO2. The molecule has 69 valence electrons. The molecule has 1 saturated heterocycles. The van der Waals surface area contributed by atoms with Gasteiger partial charge in [0, 0.05) is 6.04 Å². The fourth-order valence-electron chi connectivity index (χ4n) is 2.16. The number of rotatable bonds is 3.